The third-order valence-electron chi connectivity index (χ3n) is 4.62. The van der Waals surface area contributed by atoms with E-state index >= 15 is 0 Å². The Morgan fingerprint density at radius 2 is 1.17 bits per heavy atom. The molecule has 0 aromatic carbocycles. The van der Waals surface area contributed by atoms with Crippen LogP contribution in [0.3, 0.4) is 0 Å². The summed E-state index contributed by atoms with van der Waals surface area (Å²) in [4.78, 5) is 23.9. The summed E-state index contributed by atoms with van der Waals surface area (Å²) in [5.41, 5.74) is 1.18. The van der Waals surface area contributed by atoms with Crippen LogP contribution in [0.25, 0.3) is 0 Å². The minimum atomic E-state index is -0.178. The van der Waals surface area contributed by atoms with E-state index in [4.69, 9.17) is 10.2 Å². The fraction of sp³-hybridized carbons (Fsp3) is 0.455. The number of unbranched alkanes of at least 4 members (excludes halogenated alkanes) is 3. The van der Waals surface area contributed by atoms with Gasteiger partial charge in [0.1, 0.15) is 24.2 Å². The summed E-state index contributed by atoms with van der Waals surface area (Å²) < 4.78 is 4.02. The number of carbonyl (C=O) groups excluding carboxylic acids is 2. The van der Waals surface area contributed by atoms with Gasteiger partial charge in [-0.2, -0.15) is 0 Å². The molecule has 2 aromatic rings. The van der Waals surface area contributed by atoms with Crippen molar-refractivity contribution in [2.45, 2.75) is 38.8 Å². The molecular weight excluding hydrogens is 384 g/mol. The second-order valence-corrected chi connectivity index (χ2v) is 7.03. The van der Waals surface area contributed by atoms with Crippen molar-refractivity contribution in [3.05, 3.63) is 60.2 Å². The number of nitrogens with one attached hydrogen (secondary N) is 2. The molecule has 2 rings (SSSR count). The van der Waals surface area contributed by atoms with Crippen molar-refractivity contribution in [1.82, 2.24) is 10.6 Å². The number of aliphatic hydroxyl groups is 2. The first-order valence-corrected chi connectivity index (χ1v) is 10.4. The number of carbonyl (C=O) groups is 2. The zero-order valence-corrected chi connectivity index (χ0v) is 17.3. The Bertz CT molecular complexity index is 746. The van der Waals surface area contributed by atoms with Gasteiger partial charge < -0.3 is 20.8 Å². The van der Waals surface area contributed by atoms with E-state index in [1.807, 2.05) is 46.1 Å². The lowest BCUT2D eigenvalue weighted by Gasteiger charge is -2.03. The van der Waals surface area contributed by atoms with E-state index in [1.165, 1.54) is 0 Å². The van der Waals surface area contributed by atoms with Gasteiger partial charge in [-0.15, -0.1) is 0 Å². The van der Waals surface area contributed by atoms with Crippen LogP contribution < -0.4 is 19.8 Å². The standard InChI is InChI=1S/C22H30N4O4/c27-15-9-23-21(29)19-7-5-13-25(17-19)11-3-1-2-4-12-26-14-6-8-20(18-26)22(30)24-10-16-28/h5-8,13-14,17-18,27-28H,1-4,9-12,15-16H2/p+2. The van der Waals surface area contributed by atoms with Crippen molar-refractivity contribution in [3.8, 4) is 0 Å². The van der Waals surface area contributed by atoms with E-state index in [1.54, 1.807) is 12.1 Å². The van der Waals surface area contributed by atoms with Crippen molar-refractivity contribution < 1.29 is 28.9 Å². The summed E-state index contributed by atoms with van der Waals surface area (Å²) in [7, 11) is 0. The van der Waals surface area contributed by atoms with Gasteiger partial charge in [-0.1, -0.05) is 0 Å². The number of aryl methyl sites for hydroxylation is 2. The summed E-state index contributed by atoms with van der Waals surface area (Å²) in [5, 5.41) is 22.9. The molecule has 0 radical (unpaired) electrons. The Kier molecular flexibility index (Phi) is 10.5. The predicted octanol–water partition coefficient (Wildman–Crippen LogP) is -0.0336. The Morgan fingerprint density at radius 3 is 1.57 bits per heavy atom. The zero-order chi connectivity index (χ0) is 21.6. The number of hydrogen-bond donors (Lipinski definition) is 4. The molecule has 8 nitrogen and oxygen atoms in total. The van der Waals surface area contributed by atoms with E-state index in [9.17, 15) is 9.59 Å². The zero-order valence-electron chi connectivity index (χ0n) is 17.3. The molecule has 2 heterocycles. The number of pyridine rings is 2. The van der Waals surface area contributed by atoms with Crippen molar-refractivity contribution in [3.63, 3.8) is 0 Å². The Balaban J connectivity index is 1.69. The SMILES string of the molecule is O=C(NCCO)c1ccc[n+](CCCCCC[n+]2cccc(C(=O)NCCO)c2)c1. The first-order valence-electron chi connectivity index (χ1n) is 10.4. The molecular formula is C22H32N4O4+2. The van der Waals surface area contributed by atoms with Crippen LogP contribution in [0.4, 0.5) is 0 Å². The van der Waals surface area contributed by atoms with Crippen molar-refractivity contribution in [2.75, 3.05) is 26.3 Å². The van der Waals surface area contributed by atoms with Crippen LogP contribution in [0.15, 0.2) is 49.1 Å². The van der Waals surface area contributed by atoms with Crippen LogP contribution in [-0.2, 0) is 13.1 Å². The van der Waals surface area contributed by atoms with Crippen molar-refractivity contribution >= 4 is 11.8 Å². The normalized spacial score (nSPS) is 10.6. The highest BCUT2D eigenvalue weighted by molar-refractivity contribution is 5.93. The number of nitrogens with zero attached hydrogens (tertiary/aromatic N) is 2. The van der Waals surface area contributed by atoms with Gasteiger partial charge in [0.2, 0.25) is 0 Å². The molecule has 30 heavy (non-hydrogen) atoms. The van der Waals surface area contributed by atoms with Gasteiger partial charge in [-0.05, 0) is 25.0 Å². The van der Waals surface area contributed by atoms with Gasteiger partial charge in [-0.3, -0.25) is 9.59 Å². The lowest BCUT2D eigenvalue weighted by atomic mass is 10.2. The highest BCUT2D eigenvalue weighted by Gasteiger charge is 2.11. The minimum Gasteiger partial charge on any atom is -0.395 e. The fourth-order valence-corrected chi connectivity index (χ4v) is 3.08. The van der Waals surface area contributed by atoms with Gasteiger partial charge in [0.15, 0.2) is 24.8 Å². The molecule has 0 spiro atoms. The maximum Gasteiger partial charge on any atom is 0.257 e. The van der Waals surface area contributed by atoms with Crippen LogP contribution >= 0.6 is 0 Å². The van der Waals surface area contributed by atoms with Gasteiger partial charge in [0.25, 0.3) is 11.8 Å². The summed E-state index contributed by atoms with van der Waals surface area (Å²) in [6.45, 7) is 2.05. The molecule has 8 heteroatoms. The molecule has 2 aromatic heterocycles. The quantitative estimate of drug-likeness (QED) is 0.272. The van der Waals surface area contributed by atoms with Gasteiger partial charge in [0, 0.05) is 38.1 Å². The van der Waals surface area contributed by atoms with Gasteiger partial charge in [0.05, 0.1) is 13.2 Å². The summed E-state index contributed by atoms with van der Waals surface area (Å²) in [6, 6.07) is 7.24. The first-order chi connectivity index (χ1) is 14.6. The topological polar surface area (TPSA) is 106 Å². The van der Waals surface area contributed by atoms with Crippen LogP contribution in [0, 0.1) is 0 Å². The van der Waals surface area contributed by atoms with Gasteiger partial charge in [-0.25, -0.2) is 9.13 Å². The molecule has 162 valence electrons. The molecule has 2 amide bonds. The van der Waals surface area contributed by atoms with E-state index in [2.05, 4.69) is 10.6 Å². The molecule has 0 atom stereocenters. The number of amides is 2. The van der Waals surface area contributed by atoms with Crippen molar-refractivity contribution in [1.29, 1.82) is 0 Å². The summed E-state index contributed by atoms with van der Waals surface area (Å²) >= 11 is 0. The highest BCUT2D eigenvalue weighted by Crippen LogP contribution is 2.02. The average molecular weight is 417 g/mol. The van der Waals surface area contributed by atoms with Crippen LogP contribution in [0.2, 0.25) is 0 Å². The molecule has 4 N–H and O–H groups in total. The highest BCUT2D eigenvalue weighted by atomic mass is 16.3. The average Bonchev–Trinajstić information content (AvgIpc) is 2.78. The molecule has 0 saturated heterocycles. The molecule has 0 saturated carbocycles. The lowest BCUT2D eigenvalue weighted by molar-refractivity contribution is -0.699. The van der Waals surface area contributed by atoms with Gasteiger partial charge >= 0.3 is 0 Å². The summed E-state index contributed by atoms with van der Waals surface area (Å²) in [6.07, 6.45) is 11.7. The largest absolute Gasteiger partial charge is 0.395 e. The number of aromatic nitrogens is 2. The van der Waals surface area contributed by atoms with Crippen LogP contribution in [0.5, 0.6) is 0 Å². The molecule has 0 fully saturated rings. The molecule has 0 aliphatic rings. The maximum atomic E-state index is 11.9. The predicted molar refractivity (Wildman–Crippen MR) is 111 cm³/mol. The van der Waals surface area contributed by atoms with Crippen LogP contribution in [-0.4, -0.2) is 48.3 Å². The summed E-state index contributed by atoms with van der Waals surface area (Å²) in [5.74, 6) is -0.356. The van der Waals surface area contributed by atoms with E-state index in [0.29, 0.717) is 11.1 Å². The third-order valence-corrected chi connectivity index (χ3v) is 4.62. The monoisotopic (exact) mass is 416 g/mol. The maximum absolute atomic E-state index is 11.9. The number of rotatable bonds is 13. The van der Waals surface area contributed by atoms with E-state index in [0.717, 1.165) is 38.8 Å². The van der Waals surface area contributed by atoms with Crippen molar-refractivity contribution in [2.24, 2.45) is 0 Å². The Morgan fingerprint density at radius 1 is 0.733 bits per heavy atom. The second-order valence-electron chi connectivity index (χ2n) is 7.03. The van der Waals surface area contributed by atoms with Crippen LogP contribution in [0.1, 0.15) is 46.4 Å². The molecule has 0 unspecified atom stereocenters. The first kappa shape index (κ1) is 23.4. The Labute approximate surface area is 177 Å². The minimum absolute atomic E-state index is 0.0714. The number of aliphatic hydroxyl groups excluding tert-OH is 2. The molecule has 0 aliphatic heterocycles. The fourth-order valence-electron chi connectivity index (χ4n) is 3.08. The molecule has 0 bridgehead atoms. The van der Waals surface area contributed by atoms with E-state index < -0.39 is 0 Å². The second kappa shape index (κ2) is 13.4. The smallest absolute Gasteiger partial charge is 0.257 e. The number of hydrogen-bond acceptors (Lipinski definition) is 4. The molecule has 0 aliphatic carbocycles. The lowest BCUT2D eigenvalue weighted by Crippen LogP contribution is -2.36. The third kappa shape index (κ3) is 8.26. The van der Waals surface area contributed by atoms with E-state index in [-0.39, 0.29) is 38.1 Å². The Hall–Kier alpha value is -2.84.